The van der Waals surface area contributed by atoms with Gasteiger partial charge in [-0.2, -0.15) is 0 Å². The maximum atomic E-state index is 13.4. The van der Waals surface area contributed by atoms with Crippen LogP contribution in [0.3, 0.4) is 0 Å². The van der Waals surface area contributed by atoms with Gasteiger partial charge in [-0.3, -0.25) is 9.59 Å². The number of nitrogens with one attached hydrogen (secondary N) is 1. The van der Waals surface area contributed by atoms with Gasteiger partial charge in [0.05, 0.1) is 22.8 Å². The van der Waals surface area contributed by atoms with Crippen LogP contribution in [0.1, 0.15) is 71.0 Å². The van der Waals surface area contributed by atoms with Crippen LogP contribution in [0.25, 0.3) is 0 Å². The molecule has 1 aromatic heterocycles. The molecule has 1 saturated carbocycles. The van der Waals surface area contributed by atoms with Crippen molar-refractivity contribution in [1.82, 2.24) is 9.88 Å². The zero-order chi connectivity index (χ0) is 23.5. The summed E-state index contributed by atoms with van der Waals surface area (Å²) in [7, 11) is 0. The summed E-state index contributed by atoms with van der Waals surface area (Å²) in [6, 6.07) is 2.60. The second kappa shape index (κ2) is 10.4. The molecule has 2 aliphatic rings. The number of amides is 2. The lowest BCUT2D eigenvalue weighted by Crippen LogP contribution is -2.45. The number of carbonyl (C=O) groups is 3. The van der Waals surface area contributed by atoms with E-state index in [0.717, 1.165) is 42.6 Å². The Morgan fingerprint density at radius 2 is 1.97 bits per heavy atom. The maximum absolute atomic E-state index is 13.4. The third kappa shape index (κ3) is 5.34. The number of anilines is 1. The van der Waals surface area contributed by atoms with E-state index in [1.165, 1.54) is 12.6 Å². The van der Waals surface area contributed by atoms with Crippen molar-refractivity contribution in [1.29, 1.82) is 0 Å². The number of hydrogen-bond donors (Lipinski definition) is 1. The smallest absolute Gasteiger partial charge is 0.350 e. The summed E-state index contributed by atoms with van der Waals surface area (Å²) in [6.45, 7) is 2.28. The fraction of sp³-hybridized carbons (Fsp3) is 0.478. The molecule has 1 aliphatic carbocycles. The maximum Gasteiger partial charge on any atom is 0.350 e. The fourth-order valence-corrected chi connectivity index (χ4v) is 5.57. The van der Waals surface area contributed by atoms with Crippen LogP contribution in [0.4, 0.5) is 5.13 Å². The summed E-state index contributed by atoms with van der Waals surface area (Å²) in [5, 5.41) is 3.80. The summed E-state index contributed by atoms with van der Waals surface area (Å²) in [4.78, 5) is 44.6. The van der Waals surface area contributed by atoms with Gasteiger partial charge in [0.15, 0.2) is 5.13 Å². The highest BCUT2D eigenvalue weighted by atomic mass is 35.5. The predicted molar refractivity (Wildman–Crippen MR) is 128 cm³/mol. The molecule has 0 saturated heterocycles. The van der Waals surface area contributed by atoms with Crippen LogP contribution in [0.15, 0.2) is 18.3 Å². The van der Waals surface area contributed by atoms with Crippen molar-refractivity contribution < 1.29 is 19.1 Å². The van der Waals surface area contributed by atoms with Gasteiger partial charge < -0.3 is 15.0 Å². The number of carbonyl (C=O) groups excluding carboxylic acids is 3. The van der Waals surface area contributed by atoms with Gasteiger partial charge in [0.25, 0.3) is 5.91 Å². The van der Waals surface area contributed by atoms with Crippen LogP contribution in [0, 0.1) is 5.92 Å². The number of hydrogen-bond acceptors (Lipinski definition) is 6. The predicted octanol–water partition coefficient (Wildman–Crippen LogP) is 5.56. The van der Waals surface area contributed by atoms with E-state index < -0.39 is 12.0 Å². The largest absolute Gasteiger partial charge is 0.462 e. The van der Waals surface area contributed by atoms with E-state index in [2.05, 4.69) is 10.3 Å². The van der Waals surface area contributed by atoms with Crippen LogP contribution >= 0.6 is 34.5 Å². The van der Waals surface area contributed by atoms with Gasteiger partial charge in [-0.15, -0.1) is 0 Å². The Labute approximate surface area is 206 Å². The third-order valence-electron chi connectivity index (χ3n) is 6.15. The summed E-state index contributed by atoms with van der Waals surface area (Å²) in [6.07, 6.45) is 7.51. The molecule has 0 spiro atoms. The fourth-order valence-electron chi connectivity index (χ4n) is 4.51. The molecule has 1 aromatic carbocycles. The molecule has 33 heavy (non-hydrogen) atoms. The minimum absolute atomic E-state index is 0.231. The van der Waals surface area contributed by atoms with E-state index in [0.29, 0.717) is 44.5 Å². The monoisotopic (exact) mass is 509 g/mol. The van der Waals surface area contributed by atoms with Crippen molar-refractivity contribution in [3.05, 3.63) is 44.4 Å². The number of benzene rings is 1. The number of nitrogens with zero attached hydrogens (tertiary/aromatic N) is 2. The van der Waals surface area contributed by atoms with E-state index in [4.69, 9.17) is 27.9 Å². The Bertz CT molecular complexity index is 1070. The van der Waals surface area contributed by atoms with Crippen molar-refractivity contribution >= 4 is 57.5 Å². The van der Waals surface area contributed by atoms with Gasteiger partial charge in [-0.05, 0) is 37.0 Å². The first-order valence-corrected chi connectivity index (χ1v) is 12.7. The van der Waals surface area contributed by atoms with Gasteiger partial charge in [0, 0.05) is 12.1 Å². The molecule has 4 rings (SSSR count). The Kier molecular flexibility index (Phi) is 7.56. The molecule has 1 fully saturated rings. The number of aromatic nitrogens is 1. The van der Waals surface area contributed by atoms with Crippen LogP contribution in [0.5, 0.6) is 0 Å². The molecule has 0 unspecified atom stereocenters. The molecule has 0 bridgehead atoms. The summed E-state index contributed by atoms with van der Waals surface area (Å²) >= 11 is 13.3. The first-order chi connectivity index (χ1) is 15.9. The highest BCUT2D eigenvalue weighted by Gasteiger charge is 2.38. The first kappa shape index (κ1) is 24.0. The van der Waals surface area contributed by atoms with Gasteiger partial charge >= 0.3 is 5.97 Å². The second-order valence-electron chi connectivity index (χ2n) is 8.35. The van der Waals surface area contributed by atoms with Crippen molar-refractivity contribution in [2.45, 2.75) is 58.0 Å². The van der Waals surface area contributed by atoms with Crippen LogP contribution in [-0.4, -0.2) is 40.3 Å². The zero-order valence-corrected chi connectivity index (χ0v) is 20.6. The van der Waals surface area contributed by atoms with Crippen molar-refractivity contribution in [2.24, 2.45) is 5.92 Å². The molecular formula is C23H25Cl2N3O4S. The quantitative estimate of drug-likeness (QED) is 0.493. The number of rotatable bonds is 7. The molecule has 2 aromatic rings. The lowest BCUT2D eigenvalue weighted by atomic mass is 9.84. The Hall–Kier alpha value is -2.16. The molecule has 1 N–H and O–H groups in total. The van der Waals surface area contributed by atoms with Crippen molar-refractivity contribution in [3.8, 4) is 0 Å². The number of ether oxygens (including phenoxy) is 1. The van der Waals surface area contributed by atoms with Crippen molar-refractivity contribution in [3.63, 3.8) is 0 Å². The number of fused-ring (bicyclic) bond motifs is 1. The van der Waals surface area contributed by atoms with Crippen molar-refractivity contribution in [2.75, 3.05) is 11.9 Å². The minimum Gasteiger partial charge on any atom is -0.462 e. The van der Waals surface area contributed by atoms with E-state index >= 15 is 0 Å². The molecular weight excluding hydrogens is 485 g/mol. The third-order valence-corrected chi connectivity index (χ3v) is 7.77. The normalized spacial score (nSPS) is 17.1. The molecule has 1 aliphatic heterocycles. The number of halogens is 2. The lowest BCUT2D eigenvalue weighted by molar-refractivity contribution is -0.121. The number of thiazole rings is 1. The van der Waals surface area contributed by atoms with Gasteiger partial charge in [0.1, 0.15) is 10.9 Å². The topological polar surface area (TPSA) is 88.6 Å². The first-order valence-electron chi connectivity index (χ1n) is 11.1. The molecule has 176 valence electrons. The van der Waals surface area contributed by atoms with E-state index in [1.807, 2.05) is 0 Å². The Morgan fingerprint density at radius 3 is 2.70 bits per heavy atom. The summed E-state index contributed by atoms with van der Waals surface area (Å²) in [5.74, 6) is -0.660. The number of esters is 1. The molecule has 10 heteroatoms. The average Bonchev–Trinajstić information content (AvgIpc) is 3.38. The highest BCUT2D eigenvalue weighted by molar-refractivity contribution is 7.17. The summed E-state index contributed by atoms with van der Waals surface area (Å²) in [5.41, 5.74) is 1.24. The van der Waals surface area contributed by atoms with Gasteiger partial charge in [-0.25, -0.2) is 9.78 Å². The zero-order valence-electron chi connectivity index (χ0n) is 18.2. The molecule has 2 heterocycles. The SMILES string of the molecule is CCOC(=O)c1cnc(NC(=O)[C@H](CC2CCCCC2)N2Cc3cc(Cl)c(Cl)cc3C2=O)s1. The molecule has 7 nitrogen and oxygen atoms in total. The van der Waals surface area contributed by atoms with Crippen LogP contribution < -0.4 is 5.32 Å². The average molecular weight is 510 g/mol. The van der Waals surface area contributed by atoms with E-state index in [1.54, 1.807) is 24.0 Å². The lowest BCUT2D eigenvalue weighted by Gasteiger charge is -2.31. The second-order valence-corrected chi connectivity index (χ2v) is 10.2. The Balaban J connectivity index is 1.55. The highest BCUT2D eigenvalue weighted by Crippen LogP contribution is 2.35. The minimum atomic E-state index is -0.666. The van der Waals surface area contributed by atoms with Gasteiger partial charge in [0.2, 0.25) is 5.91 Å². The van der Waals surface area contributed by atoms with Gasteiger partial charge in [-0.1, -0.05) is 66.6 Å². The molecule has 1 atom stereocenters. The van der Waals surface area contributed by atoms with Crippen LogP contribution in [0.2, 0.25) is 10.0 Å². The molecule has 2 amide bonds. The standard InChI is InChI=1S/C23H25Cl2N3O4S/c1-2-32-22(31)19-11-26-23(33-19)27-20(29)18(8-13-6-4-3-5-7-13)28-12-14-9-16(24)17(25)10-15(14)21(28)30/h9-11,13,18H,2-8,12H2,1H3,(H,26,27,29)/t18-/m0/s1. The summed E-state index contributed by atoms with van der Waals surface area (Å²) < 4.78 is 4.99. The van der Waals surface area contributed by atoms with E-state index in [-0.39, 0.29) is 18.4 Å². The molecule has 0 radical (unpaired) electrons. The van der Waals surface area contributed by atoms with Crippen LogP contribution in [-0.2, 0) is 16.1 Å². The Morgan fingerprint density at radius 1 is 1.24 bits per heavy atom. The van der Waals surface area contributed by atoms with E-state index in [9.17, 15) is 14.4 Å².